The van der Waals surface area contributed by atoms with Crippen molar-refractivity contribution in [3.63, 3.8) is 0 Å². The Morgan fingerprint density at radius 1 is 1.07 bits per heavy atom. The van der Waals surface area contributed by atoms with Crippen LogP contribution in [0.15, 0.2) is 60.7 Å². The first-order valence-electron chi connectivity index (χ1n) is 9.34. The van der Waals surface area contributed by atoms with E-state index in [0.717, 1.165) is 23.4 Å². The summed E-state index contributed by atoms with van der Waals surface area (Å²) < 4.78 is 0. The standard InChI is InChI=1S/C22H15N3O4S/c26-21(27)15-7-6-13(12-17(15)25(28)29)19-23-16-8-9-18(24-20(16)30-19)22(10-11-22)14-4-2-1-3-5-14/h1-9,12H,10-11H2,(H,26,27). The molecular formula is C22H15N3O4S. The number of carbonyl (C=O) groups is 1. The number of hydrogen-bond donors (Lipinski definition) is 1. The van der Waals surface area contributed by atoms with Crippen LogP contribution in [0, 0.1) is 10.1 Å². The van der Waals surface area contributed by atoms with Crippen molar-refractivity contribution in [1.82, 2.24) is 9.97 Å². The second-order valence-electron chi connectivity index (χ2n) is 7.28. The number of rotatable bonds is 5. The van der Waals surface area contributed by atoms with Gasteiger partial charge in [-0.1, -0.05) is 47.7 Å². The van der Waals surface area contributed by atoms with Crippen LogP contribution in [-0.2, 0) is 5.41 Å². The number of carboxylic acids is 1. The van der Waals surface area contributed by atoms with E-state index in [1.54, 1.807) is 6.07 Å². The molecule has 2 aromatic heterocycles. The van der Waals surface area contributed by atoms with E-state index in [2.05, 4.69) is 17.1 Å². The summed E-state index contributed by atoms with van der Waals surface area (Å²) >= 11 is 1.35. The van der Waals surface area contributed by atoms with Crippen molar-refractivity contribution in [2.75, 3.05) is 0 Å². The fourth-order valence-corrected chi connectivity index (χ4v) is 4.71. The summed E-state index contributed by atoms with van der Waals surface area (Å²) in [6.45, 7) is 0. The molecule has 1 N–H and O–H groups in total. The molecule has 0 amide bonds. The molecule has 5 rings (SSSR count). The molecule has 1 aliphatic rings. The van der Waals surface area contributed by atoms with Crippen LogP contribution in [0.1, 0.15) is 34.5 Å². The molecule has 0 unspecified atom stereocenters. The smallest absolute Gasteiger partial charge is 0.342 e. The van der Waals surface area contributed by atoms with Crippen LogP contribution < -0.4 is 0 Å². The minimum atomic E-state index is -1.33. The predicted octanol–water partition coefficient (Wildman–Crippen LogP) is 5.04. The van der Waals surface area contributed by atoms with E-state index in [0.29, 0.717) is 16.1 Å². The molecular weight excluding hydrogens is 402 g/mol. The van der Waals surface area contributed by atoms with E-state index in [4.69, 9.17) is 10.1 Å². The van der Waals surface area contributed by atoms with E-state index in [1.165, 1.54) is 29.0 Å². The molecule has 30 heavy (non-hydrogen) atoms. The zero-order valence-electron chi connectivity index (χ0n) is 15.6. The summed E-state index contributed by atoms with van der Waals surface area (Å²) in [6, 6.07) is 18.3. The Labute approximate surface area is 174 Å². The highest BCUT2D eigenvalue weighted by Gasteiger charge is 2.47. The Balaban J connectivity index is 1.56. The first-order valence-corrected chi connectivity index (χ1v) is 10.2. The molecule has 1 aliphatic carbocycles. The molecule has 0 bridgehead atoms. The normalized spacial score (nSPS) is 14.5. The van der Waals surface area contributed by atoms with Gasteiger partial charge in [0.15, 0.2) is 0 Å². The number of aromatic carboxylic acids is 1. The Bertz CT molecular complexity index is 1310. The van der Waals surface area contributed by atoms with Crippen molar-refractivity contribution < 1.29 is 14.8 Å². The fourth-order valence-electron chi connectivity index (χ4n) is 3.78. The molecule has 1 fully saturated rings. The zero-order valence-corrected chi connectivity index (χ0v) is 16.4. The molecule has 2 aromatic carbocycles. The molecule has 2 heterocycles. The zero-order chi connectivity index (χ0) is 20.9. The van der Waals surface area contributed by atoms with Gasteiger partial charge in [-0.05, 0) is 36.6 Å². The van der Waals surface area contributed by atoms with E-state index >= 15 is 0 Å². The second kappa shape index (κ2) is 6.70. The number of fused-ring (bicyclic) bond motifs is 1. The van der Waals surface area contributed by atoms with Gasteiger partial charge in [0.05, 0.1) is 10.6 Å². The van der Waals surface area contributed by atoms with Gasteiger partial charge in [-0.25, -0.2) is 14.8 Å². The molecule has 8 heteroatoms. The predicted molar refractivity (Wildman–Crippen MR) is 113 cm³/mol. The van der Waals surface area contributed by atoms with Crippen molar-refractivity contribution in [1.29, 1.82) is 0 Å². The van der Waals surface area contributed by atoms with E-state index in [9.17, 15) is 14.9 Å². The first-order chi connectivity index (χ1) is 14.5. The fraction of sp³-hybridized carbons (Fsp3) is 0.136. The maximum absolute atomic E-state index is 11.3. The van der Waals surface area contributed by atoms with Gasteiger partial charge in [0.25, 0.3) is 5.69 Å². The van der Waals surface area contributed by atoms with Crippen LogP contribution in [0.4, 0.5) is 5.69 Å². The Hall–Kier alpha value is -3.65. The van der Waals surface area contributed by atoms with E-state index in [1.807, 2.05) is 30.3 Å². The number of nitro benzene ring substituents is 1. The topological polar surface area (TPSA) is 106 Å². The average molecular weight is 417 g/mol. The molecule has 0 spiro atoms. The summed E-state index contributed by atoms with van der Waals surface area (Å²) in [5.74, 6) is -1.33. The van der Waals surface area contributed by atoms with Crippen molar-refractivity contribution in [3.05, 3.63) is 87.6 Å². The highest BCUT2D eigenvalue weighted by molar-refractivity contribution is 7.21. The van der Waals surface area contributed by atoms with Crippen LogP contribution in [0.2, 0.25) is 0 Å². The third kappa shape index (κ3) is 2.93. The van der Waals surface area contributed by atoms with E-state index < -0.39 is 16.6 Å². The Morgan fingerprint density at radius 2 is 1.83 bits per heavy atom. The number of benzene rings is 2. The van der Waals surface area contributed by atoms with Gasteiger partial charge in [0.1, 0.15) is 20.9 Å². The van der Waals surface area contributed by atoms with Gasteiger partial charge in [-0.2, -0.15) is 0 Å². The van der Waals surface area contributed by atoms with Gasteiger partial charge < -0.3 is 5.11 Å². The largest absolute Gasteiger partial charge is 0.477 e. The molecule has 1 saturated carbocycles. The highest BCUT2D eigenvalue weighted by Crippen LogP contribution is 2.53. The number of nitro groups is 1. The molecule has 0 aliphatic heterocycles. The quantitative estimate of drug-likeness (QED) is 0.360. The summed E-state index contributed by atoms with van der Waals surface area (Å²) in [6.07, 6.45) is 2.09. The monoisotopic (exact) mass is 417 g/mol. The number of hydrogen-bond acceptors (Lipinski definition) is 6. The molecule has 7 nitrogen and oxygen atoms in total. The first kappa shape index (κ1) is 18.4. The lowest BCUT2D eigenvalue weighted by Crippen LogP contribution is -2.10. The maximum atomic E-state index is 11.3. The van der Waals surface area contributed by atoms with Gasteiger partial charge in [0.2, 0.25) is 0 Å². The van der Waals surface area contributed by atoms with E-state index in [-0.39, 0.29) is 11.0 Å². The van der Waals surface area contributed by atoms with Crippen LogP contribution in [-0.4, -0.2) is 26.0 Å². The van der Waals surface area contributed by atoms with Crippen LogP contribution in [0.5, 0.6) is 0 Å². The maximum Gasteiger partial charge on any atom is 0.342 e. The van der Waals surface area contributed by atoms with Crippen LogP contribution >= 0.6 is 11.3 Å². The molecule has 148 valence electrons. The summed E-state index contributed by atoms with van der Waals surface area (Å²) in [5, 5.41) is 21.0. The Kier molecular flexibility index (Phi) is 4.11. The minimum Gasteiger partial charge on any atom is -0.477 e. The average Bonchev–Trinajstić information content (AvgIpc) is 3.46. The number of thiazole rings is 1. The molecule has 0 atom stereocenters. The minimum absolute atomic E-state index is 0.0540. The summed E-state index contributed by atoms with van der Waals surface area (Å²) in [5.41, 5.74) is 2.62. The summed E-state index contributed by atoms with van der Waals surface area (Å²) in [7, 11) is 0. The van der Waals surface area contributed by atoms with Crippen LogP contribution in [0.3, 0.4) is 0 Å². The van der Waals surface area contributed by atoms with Crippen molar-refractivity contribution >= 4 is 33.3 Å². The lowest BCUT2D eigenvalue weighted by Gasteiger charge is -2.14. The second-order valence-corrected chi connectivity index (χ2v) is 8.26. The van der Waals surface area contributed by atoms with Crippen molar-refractivity contribution in [2.24, 2.45) is 0 Å². The third-order valence-electron chi connectivity index (χ3n) is 5.49. The molecule has 0 saturated heterocycles. The molecule has 0 radical (unpaired) electrons. The van der Waals surface area contributed by atoms with Gasteiger partial charge in [0, 0.05) is 17.0 Å². The van der Waals surface area contributed by atoms with Crippen LogP contribution in [0.25, 0.3) is 20.9 Å². The Morgan fingerprint density at radius 3 is 2.50 bits per heavy atom. The third-order valence-corrected chi connectivity index (χ3v) is 6.51. The van der Waals surface area contributed by atoms with Gasteiger partial charge in [-0.15, -0.1) is 0 Å². The summed E-state index contributed by atoms with van der Waals surface area (Å²) in [4.78, 5) is 32.0. The lowest BCUT2D eigenvalue weighted by atomic mass is 9.92. The SMILES string of the molecule is O=C(O)c1ccc(-c2nc3ccc(C4(c5ccccc5)CC4)nc3s2)cc1[N+](=O)[O-]. The van der Waals surface area contributed by atoms with Gasteiger partial charge in [-0.3, -0.25) is 10.1 Å². The highest BCUT2D eigenvalue weighted by atomic mass is 32.1. The number of aromatic nitrogens is 2. The number of carboxylic acid groups (broad SMARTS) is 1. The van der Waals surface area contributed by atoms with Gasteiger partial charge >= 0.3 is 5.97 Å². The molecule has 4 aromatic rings. The van der Waals surface area contributed by atoms with Crippen molar-refractivity contribution in [3.8, 4) is 10.6 Å². The number of pyridine rings is 1. The lowest BCUT2D eigenvalue weighted by molar-refractivity contribution is -0.385. The number of nitrogens with zero attached hydrogens (tertiary/aromatic N) is 3. The van der Waals surface area contributed by atoms with Crippen molar-refractivity contribution in [2.45, 2.75) is 18.3 Å².